The van der Waals surface area contributed by atoms with Gasteiger partial charge in [0.05, 0.1) is 23.1 Å². The lowest BCUT2D eigenvalue weighted by Crippen LogP contribution is -2.35. The molecule has 3 rings (SSSR count). The van der Waals surface area contributed by atoms with Crippen LogP contribution in [-0.2, 0) is 5.41 Å². The fraction of sp³-hybridized carbons (Fsp3) is 0.304. The molecule has 0 radical (unpaired) electrons. The van der Waals surface area contributed by atoms with Crippen molar-refractivity contribution in [2.24, 2.45) is 0 Å². The average molecular weight is 441 g/mol. The summed E-state index contributed by atoms with van der Waals surface area (Å²) in [6, 6.07) is 10.8. The Hall–Kier alpha value is -3.62. The zero-order valence-corrected chi connectivity index (χ0v) is 18.1. The van der Waals surface area contributed by atoms with E-state index in [0.717, 1.165) is 0 Å². The van der Waals surface area contributed by atoms with Crippen molar-refractivity contribution in [2.45, 2.75) is 31.9 Å². The van der Waals surface area contributed by atoms with E-state index in [1.165, 1.54) is 38.4 Å². The monoisotopic (exact) mass is 441 g/mol. The van der Waals surface area contributed by atoms with Crippen LogP contribution in [-0.4, -0.2) is 46.0 Å². The van der Waals surface area contributed by atoms with Gasteiger partial charge in [0.25, 0.3) is 5.91 Å². The first-order chi connectivity index (χ1) is 15.2. The topological polar surface area (TPSA) is 100 Å². The standard InChI is InChI=1S/C23H25F2N5O2/c1-14(24)12-23(2,21-17(25)8-5-11-27-21)13-28-19-10-9-18(29-30-19)15-6-4-7-16(20(15)31)22(32)26-3/h4-11,14,31H,12-13H2,1-3H3,(H,26,32)(H,28,30)/t14-,23-/m0/s1. The third-order valence-corrected chi connectivity index (χ3v) is 5.17. The number of phenolic OH excluding ortho intramolecular Hbond substituents is 1. The number of para-hydroxylation sites is 1. The molecule has 7 nitrogen and oxygen atoms in total. The molecular weight excluding hydrogens is 416 g/mol. The summed E-state index contributed by atoms with van der Waals surface area (Å²) < 4.78 is 28.2. The molecule has 1 aromatic carbocycles. The second kappa shape index (κ2) is 9.67. The molecule has 2 aromatic heterocycles. The van der Waals surface area contributed by atoms with Crippen LogP contribution in [0.4, 0.5) is 14.6 Å². The third-order valence-electron chi connectivity index (χ3n) is 5.17. The van der Waals surface area contributed by atoms with E-state index >= 15 is 0 Å². The maximum Gasteiger partial charge on any atom is 0.254 e. The van der Waals surface area contributed by atoms with Crippen molar-refractivity contribution in [1.82, 2.24) is 20.5 Å². The average Bonchev–Trinajstić information content (AvgIpc) is 2.77. The van der Waals surface area contributed by atoms with Gasteiger partial charge in [0.1, 0.15) is 17.4 Å². The lowest BCUT2D eigenvalue weighted by molar-refractivity contribution is 0.0960. The largest absolute Gasteiger partial charge is 0.506 e. The van der Waals surface area contributed by atoms with Crippen LogP contribution in [0, 0.1) is 5.82 Å². The highest BCUT2D eigenvalue weighted by molar-refractivity contribution is 5.98. The Bertz CT molecular complexity index is 1090. The van der Waals surface area contributed by atoms with Crippen LogP contribution < -0.4 is 10.6 Å². The Morgan fingerprint density at radius 3 is 2.59 bits per heavy atom. The maximum atomic E-state index is 14.4. The van der Waals surface area contributed by atoms with Crippen molar-refractivity contribution in [2.75, 3.05) is 18.9 Å². The number of carbonyl (C=O) groups is 1. The number of halogens is 2. The predicted octanol–water partition coefficient (Wildman–Crippen LogP) is 3.86. The number of amides is 1. The minimum Gasteiger partial charge on any atom is -0.506 e. The Balaban J connectivity index is 1.81. The quantitative estimate of drug-likeness (QED) is 0.491. The van der Waals surface area contributed by atoms with Gasteiger partial charge in [-0.3, -0.25) is 9.78 Å². The van der Waals surface area contributed by atoms with Gasteiger partial charge in [0.2, 0.25) is 0 Å². The van der Waals surface area contributed by atoms with Gasteiger partial charge >= 0.3 is 0 Å². The number of alkyl halides is 1. The van der Waals surface area contributed by atoms with Gasteiger partial charge in [-0.15, -0.1) is 10.2 Å². The SMILES string of the molecule is CNC(=O)c1cccc(-c2ccc(NC[C@](C)(C[C@H](C)F)c3ncccc3F)nn2)c1O. The molecule has 0 saturated heterocycles. The number of phenols is 1. The smallest absolute Gasteiger partial charge is 0.254 e. The van der Waals surface area contributed by atoms with E-state index < -0.39 is 23.3 Å². The number of hydrogen-bond donors (Lipinski definition) is 3. The first-order valence-electron chi connectivity index (χ1n) is 10.1. The number of nitrogens with one attached hydrogen (secondary N) is 2. The summed E-state index contributed by atoms with van der Waals surface area (Å²) in [5.74, 6) is -0.717. The minimum atomic E-state index is -1.16. The summed E-state index contributed by atoms with van der Waals surface area (Å²) >= 11 is 0. The molecule has 0 aliphatic rings. The fourth-order valence-corrected chi connectivity index (χ4v) is 3.63. The van der Waals surface area contributed by atoms with Crippen LogP contribution in [0.5, 0.6) is 5.75 Å². The number of aromatic nitrogens is 3. The number of benzene rings is 1. The Labute approximate surface area is 184 Å². The van der Waals surface area contributed by atoms with Gasteiger partial charge in [0, 0.05) is 30.8 Å². The highest BCUT2D eigenvalue weighted by Gasteiger charge is 2.33. The molecular formula is C23H25F2N5O2. The summed E-state index contributed by atoms with van der Waals surface area (Å²) in [5, 5.41) is 24.2. The van der Waals surface area contributed by atoms with Gasteiger partial charge in [-0.25, -0.2) is 8.78 Å². The first-order valence-corrected chi connectivity index (χ1v) is 10.1. The molecule has 0 fully saturated rings. The van der Waals surface area contributed by atoms with E-state index in [2.05, 4.69) is 25.8 Å². The molecule has 0 saturated carbocycles. The van der Waals surface area contributed by atoms with Crippen LogP contribution >= 0.6 is 0 Å². The third kappa shape index (κ3) is 4.99. The van der Waals surface area contributed by atoms with E-state index in [1.54, 1.807) is 31.2 Å². The highest BCUT2D eigenvalue weighted by Crippen LogP contribution is 2.32. The van der Waals surface area contributed by atoms with Gasteiger partial charge in [-0.1, -0.05) is 13.0 Å². The van der Waals surface area contributed by atoms with Crippen LogP contribution in [0.15, 0.2) is 48.7 Å². The van der Waals surface area contributed by atoms with Gasteiger partial charge in [0.15, 0.2) is 0 Å². The second-order valence-corrected chi connectivity index (χ2v) is 7.82. The molecule has 0 unspecified atom stereocenters. The van der Waals surface area contributed by atoms with Crippen molar-refractivity contribution in [3.05, 3.63) is 65.7 Å². The Kier molecular flexibility index (Phi) is 6.97. The van der Waals surface area contributed by atoms with E-state index in [0.29, 0.717) is 17.1 Å². The molecule has 2 heterocycles. The summed E-state index contributed by atoms with van der Waals surface area (Å²) in [4.78, 5) is 16.0. The van der Waals surface area contributed by atoms with E-state index in [-0.39, 0.29) is 30.0 Å². The second-order valence-electron chi connectivity index (χ2n) is 7.82. The molecule has 32 heavy (non-hydrogen) atoms. The molecule has 3 N–H and O–H groups in total. The van der Waals surface area contributed by atoms with Gasteiger partial charge in [-0.2, -0.15) is 0 Å². The zero-order valence-electron chi connectivity index (χ0n) is 18.1. The number of pyridine rings is 1. The molecule has 1 amide bonds. The van der Waals surface area contributed by atoms with Crippen molar-refractivity contribution >= 4 is 11.7 Å². The molecule has 0 aliphatic heterocycles. The number of hydrogen-bond acceptors (Lipinski definition) is 6. The molecule has 0 aliphatic carbocycles. The first kappa shape index (κ1) is 23.1. The van der Waals surface area contributed by atoms with Crippen LogP contribution in [0.25, 0.3) is 11.3 Å². The summed E-state index contributed by atoms with van der Waals surface area (Å²) in [5.41, 5.74) is 0.117. The number of rotatable bonds is 8. The number of nitrogens with zero attached hydrogens (tertiary/aromatic N) is 3. The normalized spacial score (nSPS) is 13.8. The predicted molar refractivity (Wildman–Crippen MR) is 118 cm³/mol. The summed E-state index contributed by atoms with van der Waals surface area (Å²) in [6.45, 7) is 3.35. The van der Waals surface area contributed by atoms with Crippen LogP contribution in [0.3, 0.4) is 0 Å². The van der Waals surface area contributed by atoms with Crippen molar-refractivity contribution in [3.63, 3.8) is 0 Å². The van der Waals surface area contributed by atoms with E-state index in [1.807, 2.05) is 0 Å². The fourth-order valence-electron chi connectivity index (χ4n) is 3.63. The number of aromatic hydroxyl groups is 1. The molecule has 0 bridgehead atoms. The minimum absolute atomic E-state index is 0.0691. The van der Waals surface area contributed by atoms with E-state index in [4.69, 9.17) is 0 Å². The Morgan fingerprint density at radius 2 is 1.97 bits per heavy atom. The molecule has 2 atom stereocenters. The Morgan fingerprint density at radius 1 is 1.19 bits per heavy atom. The molecule has 3 aromatic rings. The number of carbonyl (C=O) groups excluding carboxylic acids is 1. The van der Waals surface area contributed by atoms with Gasteiger partial charge < -0.3 is 15.7 Å². The van der Waals surface area contributed by atoms with Crippen molar-refractivity contribution in [3.8, 4) is 17.0 Å². The highest BCUT2D eigenvalue weighted by atomic mass is 19.1. The maximum absolute atomic E-state index is 14.4. The molecule has 0 spiro atoms. The summed E-state index contributed by atoms with van der Waals surface area (Å²) in [7, 11) is 1.48. The van der Waals surface area contributed by atoms with Crippen LogP contribution in [0.2, 0.25) is 0 Å². The lowest BCUT2D eigenvalue weighted by atomic mass is 9.81. The van der Waals surface area contributed by atoms with Crippen LogP contribution in [0.1, 0.15) is 36.3 Å². The summed E-state index contributed by atoms with van der Waals surface area (Å²) in [6.07, 6.45) is 0.389. The zero-order chi connectivity index (χ0) is 23.3. The number of anilines is 1. The van der Waals surface area contributed by atoms with Crippen molar-refractivity contribution < 1.29 is 18.7 Å². The molecule has 9 heteroatoms. The van der Waals surface area contributed by atoms with Crippen molar-refractivity contribution in [1.29, 1.82) is 0 Å². The van der Waals surface area contributed by atoms with Gasteiger partial charge in [-0.05, 0) is 49.7 Å². The molecule has 168 valence electrons. The lowest BCUT2D eigenvalue weighted by Gasteiger charge is -2.30. The van der Waals surface area contributed by atoms with E-state index in [9.17, 15) is 18.7 Å².